The average Bonchev–Trinajstić information content (AvgIpc) is 3.00. The number of nitrogens with one attached hydrogen (secondary N) is 1. The van der Waals surface area contributed by atoms with Gasteiger partial charge in [-0.25, -0.2) is 0 Å². The number of hydrogen-bond acceptors (Lipinski definition) is 3. The summed E-state index contributed by atoms with van der Waals surface area (Å²) < 4.78 is 2.14. The maximum atomic E-state index is 12.2. The number of para-hydroxylation sites is 1. The molecule has 1 amide bonds. The molecule has 3 atom stereocenters. The molecule has 3 rings (SSSR count). The number of benzene rings is 1. The molecular formula is C17H22N2O3. The first-order chi connectivity index (χ1) is 10.6. The van der Waals surface area contributed by atoms with Gasteiger partial charge in [0, 0.05) is 29.7 Å². The summed E-state index contributed by atoms with van der Waals surface area (Å²) in [7, 11) is 0. The van der Waals surface area contributed by atoms with E-state index >= 15 is 0 Å². The smallest absolute Gasteiger partial charge is 0.224 e. The summed E-state index contributed by atoms with van der Waals surface area (Å²) >= 11 is 0. The van der Waals surface area contributed by atoms with E-state index in [2.05, 4.69) is 22.9 Å². The normalized spacial score (nSPS) is 24.8. The second kappa shape index (κ2) is 6.10. The van der Waals surface area contributed by atoms with E-state index in [9.17, 15) is 15.0 Å². The number of aliphatic hydroxyl groups is 2. The molecular weight excluding hydrogens is 280 g/mol. The van der Waals surface area contributed by atoms with Crippen LogP contribution in [0, 0.1) is 0 Å². The fraction of sp³-hybridized carbons (Fsp3) is 0.471. The fourth-order valence-electron chi connectivity index (χ4n) is 3.29. The Labute approximate surface area is 129 Å². The van der Waals surface area contributed by atoms with Crippen LogP contribution < -0.4 is 5.32 Å². The van der Waals surface area contributed by atoms with Gasteiger partial charge in [-0.1, -0.05) is 18.2 Å². The Balaban J connectivity index is 1.72. The van der Waals surface area contributed by atoms with Crippen LogP contribution in [-0.2, 0) is 17.8 Å². The van der Waals surface area contributed by atoms with Crippen LogP contribution in [0.25, 0.3) is 10.9 Å². The number of amides is 1. The summed E-state index contributed by atoms with van der Waals surface area (Å²) in [5.41, 5.74) is 2.15. The number of aryl methyl sites for hydroxylation is 1. The van der Waals surface area contributed by atoms with Crippen LogP contribution in [0.3, 0.4) is 0 Å². The Bertz CT molecular complexity index is 670. The van der Waals surface area contributed by atoms with Gasteiger partial charge >= 0.3 is 0 Å². The minimum atomic E-state index is -0.729. The third-order valence-corrected chi connectivity index (χ3v) is 4.42. The van der Waals surface area contributed by atoms with Crippen molar-refractivity contribution in [2.24, 2.45) is 0 Å². The topological polar surface area (TPSA) is 74.5 Å². The van der Waals surface area contributed by atoms with E-state index in [1.807, 2.05) is 24.4 Å². The largest absolute Gasteiger partial charge is 0.390 e. The molecule has 3 N–H and O–H groups in total. The first-order valence-electron chi connectivity index (χ1n) is 7.80. The number of carbonyl (C=O) groups excluding carboxylic acids is 1. The molecule has 22 heavy (non-hydrogen) atoms. The summed E-state index contributed by atoms with van der Waals surface area (Å²) in [6.07, 6.45) is 1.73. The van der Waals surface area contributed by atoms with Crippen LogP contribution >= 0.6 is 0 Å². The molecule has 0 spiro atoms. The Kier molecular flexibility index (Phi) is 4.18. The summed E-state index contributed by atoms with van der Waals surface area (Å²) in [5.74, 6) is -0.0645. The van der Waals surface area contributed by atoms with Crippen molar-refractivity contribution in [1.82, 2.24) is 9.88 Å². The fourth-order valence-corrected chi connectivity index (χ4v) is 3.29. The molecule has 0 aliphatic heterocycles. The molecule has 118 valence electrons. The van der Waals surface area contributed by atoms with Crippen molar-refractivity contribution in [3.63, 3.8) is 0 Å². The van der Waals surface area contributed by atoms with Crippen molar-refractivity contribution in [3.8, 4) is 0 Å². The van der Waals surface area contributed by atoms with E-state index in [0.29, 0.717) is 19.3 Å². The molecule has 1 aromatic heterocycles. The van der Waals surface area contributed by atoms with E-state index in [4.69, 9.17) is 0 Å². The second-order valence-corrected chi connectivity index (χ2v) is 6.00. The van der Waals surface area contributed by atoms with Crippen molar-refractivity contribution in [2.75, 3.05) is 0 Å². The van der Waals surface area contributed by atoms with Gasteiger partial charge in [0.25, 0.3) is 0 Å². The predicted octanol–water partition coefficient (Wildman–Crippen LogP) is 1.20. The standard InChI is InChI=1S/C17H22N2O3/c1-2-19-10-11(13-5-3-4-6-14(13)19)7-17(22)18-12-8-15(20)16(21)9-12/h3-6,10,12,15-16,20-21H,2,7-9H2,1H3,(H,18,22)/t12?,15-,16+. The molecule has 1 saturated carbocycles. The van der Waals surface area contributed by atoms with Crippen LogP contribution in [0.1, 0.15) is 25.3 Å². The first kappa shape index (κ1) is 15.1. The molecule has 1 aliphatic carbocycles. The van der Waals surface area contributed by atoms with Gasteiger partial charge in [-0.3, -0.25) is 4.79 Å². The highest BCUT2D eigenvalue weighted by Gasteiger charge is 2.32. The lowest BCUT2D eigenvalue weighted by Crippen LogP contribution is -2.34. The van der Waals surface area contributed by atoms with Gasteiger partial charge in [0.15, 0.2) is 0 Å². The Morgan fingerprint density at radius 3 is 2.64 bits per heavy atom. The lowest BCUT2D eigenvalue weighted by atomic mass is 10.1. The van der Waals surface area contributed by atoms with Crippen LogP contribution in [0.5, 0.6) is 0 Å². The molecule has 0 saturated heterocycles. The molecule has 1 aromatic carbocycles. The highest BCUT2D eigenvalue weighted by atomic mass is 16.3. The number of rotatable bonds is 4. The van der Waals surface area contributed by atoms with Crippen molar-refractivity contribution in [2.45, 2.75) is 51.0 Å². The zero-order chi connectivity index (χ0) is 15.7. The minimum absolute atomic E-state index is 0.0645. The predicted molar refractivity (Wildman–Crippen MR) is 84.5 cm³/mol. The third kappa shape index (κ3) is 2.87. The quantitative estimate of drug-likeness (QED) is 0.794. The molecule has 0 bridgehead atoms. The van der Waals surface area contributed by atoms with Crippen LogP contribution in [0.4, 0.5) is 0 Å². The summed E-state index contributed by atoms with van der Waals surface area (Å²) in [4.78, 5) is 12.2. The highest BCUT2D eigenvalue weighted by molar-refractivity contribution is 5.89. The Morgan fingerprint density at radius 2 is 1.95 bits per heavy atom. The number of fused-ring (bicyclic) bond motifs is 1. The van der Waals surface area contributed by atoms with Gasteiger partial charge < -0.3 is 20.1 Å². The van der Waals surface area contributed by atoms with E-state index in [1.165, 1.54) is 0 Å². The molecule has 1 unspecified atom stereocenters. The van der Waals surface area contributed by atoms with Crippen molar-refractivity contribution in [3.05, 3.63) is 36.0 Å². The molecule has 1 fully saturated rings. The lowest BCUT2D eigenvalue weighted by molar-refractivity contribution is -0.121. The lowest BCUT2D eigenvalue weighted by Gasteiger charge is -2.11. The molecule has 5 heteroatoms. The Hall–Kier alpha value is -1.85. The van der Waals surface area contributed by atoms with Gasteiger partial charge in [-0.05, 0) is 31.4 Å². The maximum absolute atomic E-state index is 12.2. The van der Waals surface area contributed by atoms with Gasteiger partial charge in [0.05, 0.1) is 18.6 Å². The highest BCUT2D eigenvalue weighted by Crippen LogP contribution is 2.23. The first-order valence-corrected chi connectivity index (χ1v) is 7.80. The Morgan fingerprint density at radius 1 is 1.27 bits per heavy atom. The van der Waals surface area contributed by atoms with E-state index in [-0.39, 0.29) is 11.9 Å². The maximum Gasteiger partial charge on any atom is 0.224 e. The summed E-state index contributed by atoms with van der Waals surface area (Å²) in [5, 5.41) is 23.1. The average molecular weight is 302 g/mol. The second-order valence-electron chi connectivity index (χ2n) is 6.00. The molecule has 5 nitrogen and oxygen atoms in total. The number of aliphatic hydroxyl groups excluding tert-OH is 2. The number of aromatic nitrogens is 1. The molecule has 1 aliphatic rings. The summed E-state index contributed by atoms with van der Waals surface area (Å²) in [6, 6.07) is 7.93. The van der Waals surface area contributed by atoms with Crippen molar-refractivity contribution in [1.29, 1.82) is 0 Å². The van der Waals surface area contributed by atoms with Crippen LogP contribution in [-0.4, -0.2) is 38.9 Å². The molecule has 1 heterocycles. The van der Waals surface area contributed by atoms with Crippen molar-refractivity contribution >= 4 is 16.8 Å². The molecule has 2 aromatic rings. The SMILES string of the molecule is CCn1cc(CC(=O)NC2C[C@@H](O)[C@@H](O)C2)c2ccccc21. The zero-order valence-corrected chi connectivity index (χ0v) is 12.7. The third-order valence-electron chi connectivity index (χ3n) is 4.42. The van der Waals surface area contributed by atoms with Gasteiger partial charge in [-0.15, -0.1) is 0 Å². The van der Waals surface area contributed by atoms with E-state index in [1.54, 1.807) is 0 Å². The van der Waals surface area contributed by atoms with Gasteiger partial charge in [-0.2, -0.15) is 0 Å². The van der Waals surface area contributed by atoms with Crippen LogP contribution in [0.2, 0.25) is 0 Å². The van der Waals surface area contributed by atoms with E-state index in [0.717, 1.165) is 23.0 Å². The summed E-state index contributed by atoms with van der Waals surface area (Å²) in [6.45, 7) is 2.95. The van der Waals surface area contributed by atoms with Gasteiger partial charge in [0.1, 0.15) is 0 Å². The zero-order valence-electron chi connectivity index (χ0n) is 12.7. The minimum Gasteiger partial charge on any atom is -0.390 e. The number of carbonyl (C=O) groups is 1. The number of nitrogens with zero attached hydrogens (tertiary/aromatic N) is 1. The van der Waals surface area contributed by atoms with E-state index < -0.39 is 12.2 Å². The molecule has 0 radical (unpaired) electrons. The van der Waals surface area contributed by atoms with Gasteiger partial charge in [0.2, 0.25) is 5.91 Å². The van der Waals surface area contributed by atoms with Crippen molar-refractivity contribution < 1.29 is 15.0 Å². The number of hydrogen-bond donors (Lipinski definition) is 3. The monoisotopic (exact) mass is 302 g/mol. The van der Waals surface area contributed by atoms with Crippen LogP contribution in [0.15, 0.2) is 30.5 Å².